The van der Waals surface area contributed by atoms with E-state index in [4.69, 9.17) is 4.74 Å². The highest BCUT2D eigenvalue weighted by Crippen LogP contribution is 2.39. The Hall–Kier alpha value is -3.56. The average Bonchev–Trinajstić information content (AvgIpc) is 2.89. The van der Waals surface area contributed by atoms with Gasteiger partial charge in [0.1, 0.15) is 5.75 Å². The Morgan fingerprint density at radius 1 is 1.00 bits per heavy atom. The number of carbonyl (C=O) groups excluding carboxylic acids is 1. The van der Waals surface area contributed by atoms with Crippen molar-refractivity contribution in [2.75, 3.05) is 47.1 Å². The molecule has 3 aromatic rings. The quantitative estimate of drug-likeness (QED) is 0.417. The average molecular weight is 564 g/mol. The van der Waals surface area contributed by atoms with E-state index in [0.717, 1.165) is 29.5 Å². The van der Waals surface area contributed by atoms with Crippen molar-refractivity contribution in [3.05, 3.63) is 71.3 Å². The summed E-state index contributed by atoms with van der Waals surface area (Å²) >= 11 is 0. The van der Waals surface area contributed by atoms with Gasteiger partial charge in [-0.05, 0) is 65.8 Å². The lowest BCUT2D eigenvalue weighted by Gasteiger charge is -2.37. The number of hydrogen-bond donors (Lipinski definition) is 2. The minimum absolute atomic E-state index is 0.0134. The molecule has 2 aliphatic rings. The van der Waals surface area contributed by atoms with Crippen molar-refractivity contribution in [3.63, 3.8) is 0 Å². The summed E-state index contributed by atoms with van der Waals surface area (Å²) in [6, 6.07) is 17.5. The summed E-state index contributed by atoms with van der Waals surface area (Å²) in [7, 11) is -3.59. The van der Waals surface area contributed by atoms with Crippen LogP contribution in [0, 0.1) is 0 Å². The number of carbonyl (C=O) groups is 1. The number of nitrogens with one attached hydrogen (secondary N) is 1. The Balaban J connectivity index is 1.49. The van der Waals surface area contributed by atoms with Crippen LogP contribution < -0.4 is 14.5 Å². The van der Waals surface area contributed by atoms with Crippen LogP contribution in [-0.2, 0) is 26.6 Å². The fraction of sp³-hybridized carbons (Fsp3) is 0.387. The standard InChI is InChI=1S/C31H37N3O5S/c1-20-19-39-15-14-33(20)28-17-23(31(2,3)4)7-10-25(28)21-6-9-26-22(16-21)12-13-34(30(26)36)24-8-11-29(35)27(18-24)32-40(5,37)38/h6-11,16-18,20,32,35H,12-15,19H2,1-5H3/t20-/m1/s1. The first-order chi connectivity index (χ1) is 18.8. The zero-order valence-electron chi connectivity index (χ0n) is 23.7. The molecule has 5 rings (SSSR count). The summed E-state index contributed by atoms with van der Waals surface area (Å²) in [5.74, 6) is -0.361. The van der Waals surface area contributed by atoms with Gasteiger partial charge in [-0.2, -0.15) is 0 Å². The van der Waals surface area contributed by atoms with Crippen LogP contribution in [0.2, 0.25) is 0 Å². The molecule has 9 heteroatoms. The maximum atomic E-state index is 13.6. The molecular formula is C31H37N3O5S. The second-order valence-corrected chi connectivity index (χ2v) is 13.5. The molecule has 2 N–H and O–H groups in total. The SMILES string of the molecule is C[C@@H]1COCCN1c1cc(C(C)(C)C)ccc1-c1ccc2c(c1)CCN(c1ccc(O)c(NS(C)(=O)=O)c1)C2=O. The first-order valence-electron chi connectivity index (χ1n) is 13.6. The smallest absolute Gasteiger partial charge is 0.258 e. The van der Waals surface area contributed by atoms with Crippen molar-refractivity contribution >= 4 is 33.0 Å². The summed E-state index contributed by atoms with van der Waals surface area (Å²) in [6.45, 7) is 11.5. The molecule has 0 bridgehead atoms. The first-order valence-corrected chi connectivity index (χ1v) is 15.5. The zero-order chi connectivity index (χ0) is 28.8. The van der Waals surface area contributed by atoms with Crippen LogP contribution in [-0.4, -0.2) is 58.0 Å². The Morgan fingerprint density at radius 2 is 1.75 bits per heavy atom. The van der Waals surface area contributed by atoms with E-state index >= 15 is 0 Å². The molecule has 1 amide bonds. The van der Waals surface area contributed by atoms with Gasteiger partial charge in [0.2, 0.25) is 10.0 Å². The van der Waals surface area contributed by atoms with Gasteiger partial charge in [-0.15, -0.1) is 0 Å². The summed E-state index contributed by atoms with van der Waals surface area (Å²) in [5.41, 5.74) is 6.82. The predicted molar refractivity (Wildman–Crippen MR) is 160 cm³/mol. The molecule has 40 heavy (non-hydrogen) atoms. The van der Waals surface area contributed by atoms with Crippen LogP contribution >= 0.6 is 0 Å². The fourth-order valence-electron chi connectivity index (χ4n) is 5.44. The third-order valence-electron chi connectivity index (χ3n) is 7.62. The lowest BCUT2D eigenvalue weighted by molar-refractivity contribution is 0.0980. The van der Waals surface area contributed by atoms with E-state index in [1.807, 2.05) is 12.1 Å². The molecule has 1 fully saturated rings. The number of fused-ring (bicyclic) bond motifs is 1. The van der Waals surface area contributed by atoms with Crippen molar-refractivity contribution in [1.82, 2.24) is 0 Å². The van der Waals surface area contributed by atoms with Crippen molar-refractivity contribution in [1.29, 1.82) is 0 Å². The molecule has 0 unspecified atom stereocenters. The minimum atomic E-state index is -3.59. The number of hydrogen-bond acceptors (Lipinski definition) is 6. The van der Waals surface area contributed by atoms with Gasteiger partial charge in [-0.1, -0.05) is 45.0 Å². The first kappa shape index (κ1) is 28.0. The second kappa shape index (κ2) is 10.4. The lowest BCUT2D eigenvalue weighted by Crippen LogP contribution is -2.44. The number of rotatable bonds is 5. The lowest BCUT2D eigenvalue weighted by atomic mass is 9.84. The zero-order valence-corrected chi connectivity index (χ0v) is 24.5. The number of benzene rings is 3. The molecule has 0 aliphatic carbocycles. The van der Waals surface area contributed by atoms with Gasteiger partial charge in [-0.3, -0.25) is 9.52 Å². The highest BCUT2D eigenvalue weighted by Gasteiger charge is 2.28. The van der Waals surface area contributed by atoms with E-state index in [1.54, 1.807) is 11.0 Å². The molecule has 3 aromatic carbocycles. The summed E-state index contributed by atoms with van der Waals surface area (Å²) in [4.78, 5) is 17.6. The summed E-state index contributed by atoms with van der Waals surface area (Å²) in [6.07, 6.45) is 1.66. The van der Waals surface area contributed by atoms with E-state index in [1.165, 1.54) is 23.4 Å². The number of phenols is 1. The fourth-order valence-corrected chi connectivity index (χ4v) is 6.00. The molecule has 1 atom stereocenters. The number of morpholine rings is 1. The Labute approximate surface area is 236 Å². The second-order valence-electron chi connectivity index (χ2n) is 11.8. The minimum Gasteiger partial charge on any atom is -0.506 e. The van der Waals surface area contributed by atoms with Crippen LogP contribution in [0.5, 0.6) is 5.75 Å². The van der Waals surface area contributed by atoms with Crippen molar-refractivity contribution in [3.8, 4) is 16.9 Å². The molecule has 1 saturated heterocycles. The van der Waals surface area contributed by atoms with Gasteiger partial charge in [0.25, 0.3) is 5.91 Å². The number of aromatic hydroxyl groups is 1. The largest absolute Gasteiger partial charge is 0.506 e. The van der Waals surface area contributed by atoms with E-state index < -0.39 is 10.0 Å². The Kier molecular flexibility index (Phi) is 7.31. The number of sulfonamides is 1. The van der Waals surface area contributed by atoms with Crippen LogP contribution in [0.15, 0.2) is 54.6 Å². The van der Waals surface area contributed by atoms with E-state index in [2.05, 4.69) is 61.6 Å². The molecule has 8 nitrogen and oxygen atoms in total. The predicted octanol–water partition coefficient (Wildman–Crippen LogP) is 5.16. The molecule has 0 spiro atoms. The van der Waals surface area contributed by atoms with Crippen molar-refractivity contribution < 1.29 is 23.1 Å². The number of phenolic OH excluding ortho intramolecular Hbond substituents is 1. The normalized spacial score (nSPS) is 18.0. The Bertz CT molecular complexity index is 1560. The maximum absolute atomic E-state index is 13.6. The highest BCUT2D eigenvalue weighted by molar-refractivity contribution is 7.92. The third-order valence-corrected chi connectivity index (χ3v) is 8.22. The highest BCUT2D eigenvalue weighted by atomic mass is 32.2. The van der Waals surface area contributed by atoms with Gasteiger partial charge in [0.15, 0.2) is 0 Å². The Morgan fingerprint density at radius 3 is 2.45 bits per heavy atom. The monoisotopic (exact) mass is 563 g/mol. The number of ether oxygens (including phenoxy) is 1. The topological polar surface area (TPSA) is 99.2 Å². The molecule has 0 radical (unpaired) electrons. The van der Waals surface area contributed by atoms with Gasteiger partial charge in [0.05, 0.1) is 25.2 Å². The molecule has 0 aromatic heterocycles. The molecular weight excluding hydrogens is 526 g/mol. The molecule has 0 saturated carbocycles. The van der Waals surface area contributed by atoms with Gasteiger partial charge in [-0.25, -0.2) is 8.42 Å². The molecule has 2 heterocycles. The number of amides is 1. The van der Waals surface area contributed by atoms with E-state index in [-0.39, 0.29) is 28.8 Å². The molecule has 212 valence electrons. The van der Waals surface area contributed by atoms with Crippen molar-refractivity contribution in [2.24, 2.45) is 0 Å². The van der Waals surface area contributed by atoms with Gasteiger partial charge < -0.3 is 19.6 Å². The molecule has 2 aliphatic heterocycles. The van der Waals surface area contributed by atoms with Crippen LogP contribution in [0.1, 0.15) is 49.2 Å². The van der Waals surface area contributed by atoms with Crippen LogP contribution in [0.25, 0.3) is 11.1 Å². The maximum Gasteiger partial charge on any atom is 0.258 e. The van der Waals surface area contributed by atoms with Gasteiger partial charge in [0, 0.05) is 41.6 Å². The summed E-state index contributed by atoms with van der Waals surface area (Å²) in [5, 5.41) is 10.1. The van der Waals surface area contributed by atoms with E-state index in [9.17, 15) is 18.3 Å². The summed E-state index contributed by atoms with van der Waals surface area (Å²) < 4.78 is 31.5. The van der Waals surface area contributed by atoms with Gasteiger partial charge >= 0.3 is 0 Å². The van der Waals surface area contributed by atoms with Crippen LogP contribution in [0.4, 0.5) is 17.1 Å². The van der Waals surface area contributed by atoms with Crippen LogP contribution in [0.3, 0.4) is 0 Å². The number of anilines is 3. The number of nitrogens with zero attached hydrogens (tertiary/aromatic N) is 2. The third kappa shape index (κ3) is 5.67. The van der Waals surface area contributed by atoms with Crippen molar-refractivity contribution in [2.45, 2.75) is 45.6 Å². The van der Waals surface area contributed by atoms with E-state index in [0.29, 0.717) is 37.4 Å².